The van der Waals surface area contributed by atoms with Crippen LogP contribution < -0.4 is 16.2 Å². The number of hydrogen-bond donors (Lipinski definition) is 2. The lowest BCUT2D eigenvalue weighted by atomic mass is 10.1. The SMILES string of the molecule is CCC(=O)Nc1ccccc1-c1nc2ccccc2n([C@H](CC)C(=O)Nc2cccc(C(C)=O)c2)c1=O. The lowest BCUT2D eigenvalue weighted by molar-refractivity contribution is -0.119. The largest absolute Gasteiger partial charge is 0.325 e. The summed E-state index contributed by atoms with van der Waals surface area (Å²) >= 11 is 0. The van der Waals surface area contributed by atoms with Gasteiger partial charge in [0.2, 0.25) is 11.8 Å². The standard InChI is InChI=1S/C29H28N4O4/c1-4-24(28(36)30-20-12-10-11-19(17-20)18(3)34)33-25-16-9-8-15-23(25)32-27(29(33)37)21-13-6-7-14-22(21)31-26(35)5-2/h6-17,24H,4-5H2,1-3H3,(H,30,36)(H,31,35)/t24-/m1/s1. The highest BCUT2D eigenvalue weighted by molar-refractivity contribution is 5.99. The molecule has 2 N–H and O–H groups in total. The first-order valence-corrected chi connectivity index (χ1v) is 12.2. The maximum atomic E-state index is 14.0. The molecule has 0 bridgehead atoms. The van der Waals surface area contributed by atoms with Crippen LogP contribution >= 0.6 is 0 Å². The van der Waals surface area contributed by atoms with Crippen molar-refractivity contribution in [1.82, 2.24) is 9.55 Å². The van der Waals surface area contributed by atoms with Gasteiger partial charge in [-0.15, -0.1) is 0 Å². The third kappa shape index (κ3) is 5.33. The molecule has 1 aromatic heterocycles. The molecule has 8 nitrogen and oxygen atoms in total. The summed E-state index contributed by atoms with van der Waals surface area (Å²) in [7, 11) is 0. The molecule has 0 saturated carbocycles. The number of Topliss-reactive ketones (excluding diaryl/α,β-unsaturated/α-hetero) is 1. The fourth-order valence-corrected chi connectivity index (χ4v) is 4.20. The lowest BCUT2D eigenvalue weighted by Gasteiger charge is -2.21. The second-order valence-corrected chi connectivity index (χ2v) is 8.62. The number of fused-ring (bicyclic) bond motifs is 1. The topological polar surface area (TPSA) is 110 Å². The third-order valence-electron chi connectivity index (χ3n) is 6.11. The zero-order chi connectivity index (χ0) is 26.5. The van der Waals surface area contributed by atoms with Crippen LogP contribution in [0.15, 0.2) is 77.6 Å². The summed E-state index contributed by atoms with van der Waals surface area (Å²) in [6.45, 7) is 5.03. The summed E-state index contributed by atoms with van der Waals surface area (Å²) in [5, 5.41) is 5.69. The van der Waals surface area contributed by atoms with E-state index in [1.807, 2.05) is 13.0 Å². The second-order valence-electron chi connectivity index (χ2n) is 8.62. The first kappa shape index (κ1) is 25.5. The van der Waals surface area contributed by atoms with Gasteiger partial charge in [0, 0.05) is 23.2 Å². The van der Waals surface area contributed by atoms with Gasteiger partial charge >= 0.3 is 0 Å². The Morgan fingerprint density at radius 3 is 2.38 bits per heavy atom. The number of carbonyl (C=O) groups is 3. The smallest absolute Gasteiger partial charge is 0.278 e. The minimum absolute atomic E-state index is 0.113. The molecule has 8 heteroatoms. The molecule has 37 heavy (non-hydrogen) atoms. The van der Waals surface area contributed by atoms with Crippen LogP contribution in [0.2, 0.25) is 0 Å². The van der Waals surface area contributed by atoms with Crippen LogP contribution in [-0.4, -0.2) is 27.1 Å². The summed E-state index contributed by atoms with van der Waals surface area (Å²) in [6.07, 6.45) is 0.617. The number of ketones is 1. The molecular formula is C29H28N4O4. The molecule has 0 saturated heterocycles. The van der Waals surface area contributed by atoms with Crippen molar-refractivity contribution in [2.75, 3.05) is 10.6 Å². The minimum atomic E-state index is -0.850. The molecule has 4 rings (SSSR count). The second kappa shape index (κ2) is 11.0. The highest BCUT2D eigenvalue weighted by Crippen LogP contribution is 2.28. The Morgan fingerprint density at radius 1 is 0.919 bits per heavy atom. The summed E-state index contributed by atoms with van der Waals surface area (Å²) in [5.74, 6) is -0.690. The van der Waals surface area contributed by atoms with Crippen LogP contribution in [0.4, 0.5) is 11.4 Å². The number of rotatable bonds is 8. The van der Waals surface area contributed by atoms with Crippen molar-refractivity contribution in [1.29, 1.82) is 0 Å². The quantitative estimate of drug-likeness (QED) is 0.326. The fourth-order valence-electron chi connectivity index (χ4n) is 4.20. The Morgan fingerprint density at radius 2 is 1.65 bits per heavy atom. The highest BCUT2D eigenvalue weighted by atomic mass is 16.2. The summed E-state index contributed by atoms with van der Waals surface area (Å²) < 4.78 is 1.46. The van der Waals surface area contributed by atoms with Crippen LogP contribution in [0.25, 0.3) is 22.3 Å². The van der Waals surface area contributed by atoms with Gasteiger partial charge in [0.15, 0.2) is 5.78 Å². The Hall–Kier alpha value is -4.59. The minimum Gasteiger partial charge on any atom is -0.325 e. The molecule has 3 aromatic carbocycles. The van der Waals surface area contributed by atoms with Crippen molar-refractivity contribution in [2.45, 2.75) is 39.7 Å². The zero-order valence-corrected chi connectivity index (χ0v) is 20.9. The Bertz CT molecular complexity index is 1560. The maximum Gasteiger partial charge on any atom is 0.278 e. The number of nitrogens with one attached hydrogen (secondary N) is 2. The predicted octanol–water partition coefficient (Wildman–Crippen LogP) is 5.20. The van der Waals surface area contributed by atoms with E-state index in [-0.39, 0.29) is 29.7 Å². The zero-order valence-electron chi connectivity index (χ0n) is 20.9. The molecular weight excluding hydrogens is 468 g/mol. The average molecular weight is 497 g/mol. The Balaban J connectivity index is 1.85. The molecule has 0 aliphatic carbocycles. The molecule has 0 radical (unpaired) electrons. The van der Waals surface area contributed by atoms with Crippen molar-refractivity contribution in [3.8, 4) is 11.3 Å². The van der Waals surface area contributed by atoms with E-state index < -0.39 is 11.6 Å². The van der Waals surface area contributed by atoms with Crippen LogP contribution in [0.5, 0.6) is 0 Å². The van der Waals surface area contributed by atoms with Gasteiger partial charge in [0.25, 0.3) is 5.56 Å². The summed E-state index contributed by atoms with van der Waals surface area (Å²) in [4.78, 5) is 56.0. The van der Waals surface area contributed by atoms with Crippen LogP contribution in [0.1, 0.15) is 50.0 Å². The molecule has 4 aromatic rings. The van der Waals surface area contributed by atoms with Crippen molar-refractivity contribution in [2.24, 2.45) is 0 Å². The average Bonchev–Trinajstić information content (AvgIpc) is 2.90. The Kier molecular flexibility index (Phi) is 7.57. The number of nitrogens with zero attached hydrogens (tertiary/aromatic N) is 2. The van der Waals surface area contributed by atoms with Gasteiger partial charge < -0.3 is 10.6 Å². The van der Waals surface area contributed by atoms with Crippen molar-refractivity contribution < 1.29 is 14.4 Å². The van der Waals surface area contributed by atoms with Crippen molar-refractivity contribution in [3.05, 3.63) is 88.7 Å². The number of hydrogen-bond acceptors (Lipinski definition) is 5. The number of carbonyl (C=O) groups excluding carboxylic acids is 3. The van der Waals surface area contributed by atoms with E-state index in [1.54, 1.807) is 73.7 Å². The number of anilines is 2. The monoisotopic (exact) mass is 496 g/mol. The first-order valence-electron chi connectivity index (χ1n) is 12.2. The van der Waals surface area contributed by atoms with Gasteiger partial charge in [-0.2, -0.15) is 0 Å². The van der Waals surface area contributed by atoms with Gasteiger partial charge in [-0.25, -0.2) is 4.98 Å². The van der Waals surface area contributed by atoms with E-state index >= 15 is 0 Å². The molecule has 2 amide bonds. The van der Waals surface area contributed by atoms with Crippen molar-refractivity contribution >= 4 is 40.0 Å². The normalized spacial score (nSPS) is 11.6. The van der Waals surface area contributed by atoms with Gasteiger partial charge in [-0.3, -0.25) is 23.7 Å². The van der Waals surface area contributed by atoms with Crippen LogP contribution in [0.3, 0.4) is 0 Å². The molecule has 0 spiro atoms. The van der Waals surface area contributed by atoms with Gasteiger partial charge in [-0.05, 0) is 43.7 Å². The number of para-hydroxylation sites is 3. The van der Waals surface area contributed by atoms with E-state index in [0.29, 0.717) is 40.0 Å². The Labute approximate surface area is 214 Å². The third-order valence-corrected chi connectivity index (χ3v) is 6.11. The van der Waals surface area contributed by atoms with E-state index in [2.05, 4.69) is 15.6 Å². The maximum absolute atomic E-state index is 14.0. The van der Waals surface area contributed by atoms with Crippen LogP contribution in [-0.2, 0) is 9.59 Å². The van der Waals surface area contributed by atoms with Gasteiger partial charge in [-0.1, -0.05) is 56.3 Å². The fraction of sp³-hybridized carbons (Fsp3) is 0.207. The van der Waals surface area contributed by atoms with E-state index in [1.165, 1.54) is 11.5 Å². The van der Waals surface area contributed by atoms with E-state index in [0.717, 1.165) is 0 Å². The van der Waals surface area contributed by atoms with Crippen LogP contribution in [0, 0.1) is 0 Å². The molecule has 0 unspecified atom stereocenters. The highest BCUT2D eigenvalue weighted by Gasteiger charge is 2.25. The molecule has 188 valence electrons. The lowest BCUT2D eigenvalue weighted by Crippen LogP contribution is -2.34. The van der Waals surface area contributed by atoms with E-state index in [9.17, 15) is 19.2 Å². The van der Waals surface area contributed by atoms with Gasteiger partial charge in [0.1, 0.15) is 11.7 Å². The molecule has 1 heterocycles. The first-order chi connectivity index (χ1) is 17.8. The summed E-state index contributed by atoms with van der Waals surface area (Å²) in [5.41, 5.74) is 2.63. The molecule has 0 aliphatic rings. The number of benzene rings is 3. The van der Waals surface area contributed by atoms with Crippen molar-refractivity contribution in [3.63, 3.8) is 0 Å². The number of amides is 2. The van der Waals surface area contributed by atoms with Gasteiger partial charge in [0.05, 0.1) is 16.7 Å². The molecule has 0 fully saturated rings. The summed E-state index contributed by atoms with van der Waals surface area (Å²) in [6, 6.07) is 19.9. The molecule has 1 atom stereocenters. The predicted molar refractivity (Wildman–Crippen MR) is 145 cm³/mol. The van der Waals surface area contributed by atoms with E-state index in [4.69, 9.17) is 0 Å². The number of aromatic nitrogens is 2. The molecule has 0 aliphatic heterocycles.